The van der Waals surface area contributed by atoms with Crippen LogP contribution < -0.4 is 10.1 Å². The Morgan fingerprint density at radius 3 is 2.71 bits per heavy atom. The molecule has 9 heteroatoms. The standard InChI is InChI=1S/C26H28N6O3/c27-15-21-14-20(1-2-25(21)35-23-4-9-33-10-5-23)24-3-6-29-26(31-24)30-22-13-19(16-28-17-22)18-32-7-11-34-12-8-32/h1-3,6,13-14,16-17,23H,4-5,7-12,18H2,(H,29,30,31). The first-order valence-corrected chi connectivity index (χ1v) is 11.9. The molecule has 0 amide bonds. The minimum Gasteiger partial charge on any atom is -0.489 e. The average Bonchev–Trinajstić information content (AvgIpc) is 2.90. The summed E-state index contributed by atoms with van der Waals surface area (Å²) in [5.74, 6) is 1.06. The van der Waals surface area contributed by atoms with Crippen molar-refractivity contribution in [2.45, 2.75) is 25.5 Å². The van der Waals surface area contributed by atoms with Gasteiger partial charge >= 0.3 is 0 Å². The van der Waals surface area contributed by atoms with Crippen molar-refractivity contribution in [1.29, 1.82) is 5.26 Å². The molecule has 0 atom stereocenters. The molecule has 9 nitrogen and oxygen atoms in total. The Labute approximate surface area is 204 Å². The lowest BCUT2D eigenvalue weighted by molar-refractivity contribution is 0.0254. The van der Waals surface area contributed by atoms with Crippen molar-refractivity contribution >= 4 is 11.6 Å². The van der Waals surface area contributed by atoms with E-state index in [4.69, 9.17) is 14.2 Å². The number of morpholine rings is 1. The van der Waals surface area contributed by atoms with Crippen molar-refractivity contribution < 1.29 is 14.2 Å². The van der Waals surface area contributed by atoms with Gasteiger partial charge in [0.05, 0.1) is 49.6 Å². The van der Waals surface area contributed by atoms with Crippen LogP contribution in [-0.2, 0) is 16.0 Å². The minimum atomic E-state index is 0.0733. The van der Waals surface area contributed by atoms with Gasteiger partial charge in [-0.1, -0.05) is 0 Å². The summed E-state index contributed by atoms with van der Waals surface area (Å²) in [7, 11) is 0. The number of benzene rings is 1. The first-order chi connectivity index (χ1) is 17.3. The normalized spacial score (nSPS) is 17.0. The van der Waals surface area contributed by atoms with E-state index in [0.717, 1.165) is 62.5 Å². The van der Waals surface area contributed by atoms with E-state index in [2.05, 4.69) is 37.3 Å². The van der Waals surface area contributed by atoms with Crippen LogP contribution in [0.3, 0.4) is 0 Å². The lowest BCUT2D eigenvalue weighted by atomic mass is 10.1. The molecule has 0 bridgehead atoms. The molecule has 0 radical (unpaired) electrons. The molecule has 0 spiro atoms. The zero-order valence-corrected chi connectivity index (χ0v) is 19.5. The van der Waals surface area contributed by atoms with E-state index in [-0.39, 0.29) is 6.10 Å². The van der Waals surface area contributed by atoms with Crippen LogP contribution in [0.2, 0.25) is 0 Å². The van der Waals surface area contributed by atoms with Gasteiger partial charge in [0.2, 0.25) is 5.95 Å². The van der Waals surface area contributed by atoms with E-state index in [1.54, 1.807) is 12.4 Å². The van der Waals surface area contributed by atoms with Gasteiger partial charge in [-0.3, -0.25) is 9.88 Å². The highest BCUT2D eigenvalue weighted by Gasteiger charge is 2.18. The maximum absolute atomic E-state index is 9.70. The number of nitrogens with zero attached hydrogens (tertiary/aromatic N) is 5. The van der Waals surface area contributed by atoms with Crippen molar-refractivity contribution in [3.8, 4) is 23.1 Å². The molecule has 35 heavy (non-hydrogen) atoms. The van der Waals surface area contributed by atoms with Crippen LogP contribution in [0.15, 0.2) is 48.9 Å². The van der Waals surface area contributed by atoms with Gasteiger partial charge in [-0.15, -0.1) is 0 Å². The Hall–Kier alpha value is -3.58. The van der Waals surface area contributed by atoms with Crippen LogP contribution >= 0.6 is 0 Å². The fourth-order valence-electron chi connectivity index (χ4n) is 4.22. The molecule has 4 heterocycles. The highest BCUT2D eigenvalue weighted by atomic mass is 16.5. The third-order valence-corrected chi connectivity index (χ3v) is 6.07. The molecule has 2 fully saturated rings. The van der Waals surface area contributed by atoms with Gasteiger partial charge in [0.1, 0.15) is 17.9 Å². The van der Waals surface area contributed by atoms with E-state index in [1.165, 1.54) is 0 Å². The zero-order chi connectivity index (χ0) is 23.9. The number of aromatic nitrogens is 3. The summed E-state index contributed by atoms with van der Waals surface area (Å²) in [5.41, 5.74) is 3.97. The fraction of sp³-hybridized carbons (Fsp3) is 0.385. The van der Waals surface area contributed by atoms with Gasteiger partial charge in [0, 0.05) is 50.4 Å². The molecule has 2 aliphatic rings. The third-order valence-electron chi connectivity index (χ3n) is 6.07. The lowest BCUT2D eigenvalue weighted by Crippen LogP contribution is -2.35. The van der Waals surface area contributed by atoms with Crippen molar-refractivity contribution in [3.63, 3.8) is 0 Å². The van der Waals surface area contributed by atoms with Crippen LogP contribution in [0.4, 0.5) is 11.6 Å². The molecule has 3 aromatic rings. The van der Waals surface area contributed by atoms with Crippen LogP contribution in [-0.4, -0.2) is 65.5 Å². The number of hydrogen-bond donors (Lipinski definition) is 1. The largest absolute Gasteiger partial charge is 0.489 e. The molecular weight excluding hydrogens is 444 g/mol. The van der Waals surface area contributed by atoms with Gasteiger partial charge in [-0.05, 0) is 35.9 Å². The zero-order valence-electron chi connectivity index (χ0n) is 19.5. The Bertz CT molecular complexity index is 1190. The van der Waals surface area contributed by atoms with Gasteiger partial charge in [0.25, 0.3) is 0 Å². The molecule has 0 aliphatic carbocycles. The first kappa shape index (κ1) is 23.2. The second kappa shape index (κ2) is 11.2. The average molecular weight is 473 g/mol. The maximum atomic E-state index is 9.70. The summed E-state index contributed by atoms with van der Waals surface area (Å²) in [5, 5.41) is 13.0. The van der Waals surface area contributed by atoms with Gasteiger partial charge in [-0.25, -0.2) is 9.97 Å². The summed E-state index contributed by atoms with van der Waals surface area (Å²) < 4.78 is 16.9. The van der Waals surface area contributed by atoms with Crippen molar-refractivity contribution in [2.75, 3.05) is 44.8 Å². The molecule has 0 saturated carbocycles. The Kier molecular flexibility index (Phi) is 7.44. The van der Waals surface area contributed by atoms with Gasteiger partial charge < -0.3 is 19.5 Å². The lowest BCUT2D eigenvalue weighted by Gasteiger charge is -2.26. The molecule has 5 rings (SSSR count). The number of pyridine rings is 1. The summed E-state index contributed by atoms with van der Waals surface area (Å²) in [4.78, 5) is 15.7. The SMILES string of the molecule is N#Cc1cc(-c2ccnc(Nc3cncc(CN4CCOCC4)c3)n2)ccc1OC1CCOCC1. The molecule has 0 unspecified atom stereocenters. The van der Waals surface area contributed by atoms with E-state index >= 15 is 0 Å². The van der Waals surface area contributed by atoms with E-state index in [9.17, 15) is 5.26 Å². The molecule has 1 aromatic carbocycles. The number of hydrogen-bond acceptors (Lipinski definition) is 9. The van der Waals surface area contributed by atoms with E-state index in [0.29, 0.717) is 36.2 Å². The number of nitrogens with one attached hydrogen (secondary N) is 1. The molecular formula is C26H28N6O3. The summed E-state index contributed by atoms with van der Waals surface area (Å²) in [6.45, 7) is 5.58. The van der Waals surface area contributed by atoms with Crippen molar-refractivity contribution in [1.82, 2.24) is 19.9 Å². The molecule has 2 aromatic heterocycles. The number of nitriles is 1. The quantitative estimate of drug-likeness (QED) is 0.553. The third kappa shape index (κ3) is 6.11. The fourth-order valence-corrected chi connectivity index (χ4v) is 4.22. The number of ether oxygens (including phenoxy) is 3. The Morgan fingerprint density at radius 1 is 1.06 bits per heavy atom. The van der Waals surface area contributed by atoms with E-state index < -0.39 is 0 Å². The van der Waals surface area contributed by atoms with E-state index in [1.807, 2.05) is 30.5 Å². The molecule has 2 aliphatic heterocycles. The van der Waals surface area contributed by atoms with Crippen LogP contribution in [0, 0.1) is 11.3 Å². The minimum absolute atomic E-state index is 0.0733. The highest BCUT2D eigenvalue weighted by Crippen LogP contribution is 2.28. The number of rotatable bonds is 7. The number of anilines is 2. The van der Waals surface area contributed by atoms with Crippen molar-refractivity contribution in [3.05, 3.63) is 60.0 Å². The predicted octanol–water partition coefficient (Wildman–Crippen LogP) is 3.54. The second-order valence-corrected chi connectivity index (χ2v) is 8.61. The van der Waals surface area contributed by atoms with Crippen LogP contribution in [0.1, 0.15) is 24.0 Å². The summed E-state index contributed by atoms with van der Waals surface area (Å²) in [6.07, 6.45) is 7.07. The molecule has 180 valence electrons. The first-order valence-electron chi connectivity index (χ1n) is 11.9. The highest BCUT2D eigenvalue weighted by molar-refractivity contribution is 5.65. The summed E-state index contributed by atoms with van der Waals surface area (Å²) >= 11 is 0. The maximum Gasteiger partial charge on any atom is 0.227 e. The summed E-state index contributed by atoms with van der Waals surface area (Å²) in [6, 6.07) is 11.7. The van der Waals surface area contributed by atoms with Crippen LogP contribution in [0.5, 0.6) is 5.75 Å². The second-order valence-electron chi connectivity index (χ2n) is 8.61. The molecule has 1 N–H and O–H groups in total. The predicted molar refractivity (Wildman–Crippen MR) is 130 cm³/mol. The Balaban J connectivity index is 1.29. The van der Waals surface area contributed by atoms with Gasteiger partial charge in [-0.2, -0.15) is 5.26 Å². The topological polar surface area (TPSA) is 105 Å². The smallest absolute Gasteiger partial charge is 0.227 e. The van der Waals surface area contributed by atoms with Crippen molar-refractivity contribution in [2.24, 2.45) is 0 Å². The monoisotopic (exact) mass is 472 g/mol. The molecule has 2 saturated heterocycles. The van der Waals surface area contributed by atoms with Crippen LogP contribution in [0.25, 0.3) is 11.3 Å². The Morgan fingerprint density at radius 2 is 1.89 bits per heavy atom. The van der Waals surface area contributed by atoms with Gasteiger partial charge in [0.15, 0.2) is 0 Å².